The lowest BCUT2D eigenvalue weighted by atomic mass is 9.95. The van der Waals surface area contributed by atoms with E-state index in [0.717, 1.165) is 68.8 Å². The highest BCUT2D eigenvalue weighted by atomic mass is 16.5. The third-order valence-electron chi connectivity index (χ3n) is 6.42. The first-order chi connectivity index (χ1) is 18.8. The van der Waals surface area contributed by atoms with Gasteiger partial charge in [-0.1, -0.05) is 62.4 Å². The fourth-order valence-corrected chi connectivity index (χ4v) is 4.45. The van der Waals surface area contributed by atoms with Gasteiger partial charge in [0.1, 0.15) is 11.5 Å². The Labute approximate surface area is 225 Å². The fraction of sp³-hybridized carbons (Fsp3) is 0.176. The quantitative estimate of drug-likeness (QED) is 0.192. The summed E-state index contributed by atoms with van der Waals surface area (Å²) in [4.78, 5) is 8.26. The van der Waals surface area contributed by atoms with Crippen LogP contribution in [0.15, 0.2) is 110 Å². The fourth-order valence-electron chi connectivity index (χ4n) is 4.45. The summed E-state index contributed by atoms with van der Waals surface area (Å²) in [5.41, 5.74) is 8.84. The van der Waals surface area contributed by atoms with E-state index in [1.807, 2.05) is 49.1 Å². The van der Waals surface area contributed by atoms with Gasteiger partial charge in [-0.2, -0.15) is 0 Å². The number of nitrogens with zero attached hydrogens (tertiary/aromatic N) is 2. The molecule has 0 fully saturated rings. The average Bonchev–Trinajstić information content (AvgIpc) is 3.00. The molecule has 5 rings (SSSR count). The van der Waals surface area contributed by atoms with Crippen molar-refractivity contribution in [2.75, 3.05) is 13.2 Å². The van der Waals surface area contributed by atoms with Gasteiger partial charge in [-0.15, -0.1) is 0 Å². The Morgan fingerprint density at radius 3 is 1.11 bits per heavy atom. The number of pyridine rings is 2. The van der Waals surface area contributed by atoms with Crippen LogP contribution in [-0.4, -0.2) is 23.2 Å². The van der Waals surface area contributed by atoms with Crippen LogP contribution >= 0.6 is 0 Å². The van der Waals surface area contributed by atoms with Crippen molar-refractivity contribution in [3.05, 3.63) is 110 Å². The molecule has 0 unspecified atom stereocenters. The molecule has 2 heterocycles. The van der Waals surface area contributed by atoms with E-state index in [2.05, 4.69) is 84.5 Å². The average molecular weight is 501 g/mol. The van der Waals surface area contributed by atoms with Crippen LogP contribution in [0.1, 0.15) is 26.7 Å². The van der Waals surface area contributed by atoms with Crippen molar-refractivity contribution in [3.8, 4) is 56.0 Å². The molecule has 0 amide bonds. The zero-order valence-electron chi connectivity index (χ0n) is 21.9. The largest absolute Gasteiger partial charge is 0.493 e. The maximum Gasteiger partial charge on any atom is 0.128 e. The number of benzene rings is 3. The second kappa shape index (κ2) is 12.2. The first-order valence-electron chi connectivity index (χ1n) is 13.2. The summed E-state index contributed by atoms with van der Waals surface area (Å²) >= 11 is 0. The molecule has 190 valence electrons. The van der Waals surface area contributed by atoms with Crippen molar-refractivity contribution < 1.29 is 9.47 Å². The number of rotatable bonds is 10. The lowest BCUT2D eigenvalue weighted by Crippen LogP contribution is -2.01. The Kier molecular flexibility index (Phi) is 8.10. The lowest BCUT2D eigenvalue weighted by Gasteiger charge is -2.18. The van der Waals surface area contributed by atoms with E-state index in [-0.39, 0.29) is 0 Å². The summed E-state index contributed by atoms with van der Waals surface area (Å²) in [5.74, 6) is 1.72. The summed E-state index contributed by atoms with van der Waals surface area (Å²) in [7, 11) is 0. The lowest BCUT2D eigenvalue weighted by molar-refractivity contribution is 0.311. The van der Waals surface area contributed by atoms with Gasteiger partial charge in [-0.25, -0.2) is 0 Å². The molecule has 2 aromatic heterocycles. The molecule has 0 N–H and O–H groups in total. The summed E-state index contributed by atoms with van der Waals surface area (Å²) < 4.78 is 12.6. The summed E-state index contributed by atoms with van der Waals surface area (Å²) in [6, 6.07) is 29.5. The van der Waals surface area contributed by atoms with Crippen LogP contribution in [0.25, 0.3) is 44.5 Å². The SMILES string of the molecule is CCCOc1cc(-c2ccc(-c3ccncc3)cc2)c(OCCC)cc1-c1ccc(-c2ccncc2)cc1. The van der Waals surface area contributed by atoms with Gasteiger partial charge in [0.15, 0.2) is 0 Å². The summed E-state index contributed by atoms with van der Waals surface area (Å²) in [6.45, 7) is 5.55. The van der Waals surface area contributed by atoms with Crippen LogP contribution in [0, 0.1) is 0 Å². The van der Waals surface area contributed by atoms with Crippen molar-refractivity contribution in [1.82, 2.24) is 9.97 Å². The van der Waals surface area contributed by atoms with Crippen molar-refractivity contribution in [2.45, 2.75) is 26.7 Å². The normalized spacial score (nSPS) is 10.8. The highest BCUT2D eigenvalue weighted by molar-refractivity contribution is 5.83. The Morgan fingerprint density at radius 2 is 0.763 bits per heavy atom. The smallest absolute Gasteiger partial charge is 0.128 e. The van der Waals surface area contributed by atoms with Gasteiger partial charge in [-0.3, -0.25) is 9.97 Å². The third-order valence-corrected chi connectivity index (χ3v) is 6.42. The number of ether oxygens (including phenoxy) is 2. The van der Waals surface area contributed by atoms with E-state index in [1.54, 1.807) is 0 Å². The molecule has 0 bridgehead atoms. The van der Waals surface area contributed by atoms with Crippen LogP contribution in [0.3, 0.4) is 0 Å². The first kappa shape index (κ1) is 25.2. The van der Waals surface area contributed by atoms with Crippen molar-refractivity contribution in [3.63, 3.8) is 0 Å². The van der Waals surface area contributed by atoms with E-state index in [4.69, 9.17) is 9.47 Å². The molecule has 0 aliphatic carbocycles. The zero-order chi connectivity index (χ0) is 26.2. The van der Waals surface area contributed by atoms with E-state index >= 15 is 0 Å². The van der Waals surface area contributed by atoms with Crippen LogP contribution in [0.2, 0.25) is 0 Å². The van der Waals surface area contributed by atoms with Gasteiger partial charge in [0.2, 0.25) is 0 Å². The molecule has 0 atom stereocenters. The summed E-state index contributed by atoms with van der Waals surface area (Å²) in [6.07, 6.45) is 9.15. The van der Waals surface area contributed by atoms with Crippen LogP contribution in [0.4, 0.5) is 0 Å². The van der Waals surface area contributed by atoms with Gasteiger partial charge in [-0.05, 0) is 82.6 Å². The minimum Gasteiger partial charge on any atom is -0.493 e. The Bertz CT molecular complexity index is 1330. The van der Waals surface area contributed by atoms with E-state index in [1.165, 1.54) is 0 Å². The summed E-state index contributed by atoms with van der Waals surface area (Å²) in [5, 5.41) is 0. The van der Waals surface area contributed by atoms with Gasteiger partial charge in [0.05, 0.1) is 13.2 Å². The monoisotopic (exact) mass is 500 g/mol. The second-order valence-corrected chi connectivity index (χ2v) is 9.17. The van der Waals surface area contributed by atoms with E-state index in [0.29, 0.717) is 13.2 Å². The van der Waals surface area contributed by atoms with Crippen molar-refractivity contribution in [1.29, 1.82) is 0 Å². The van der Waals surface area contributed by atoms with Gasteiger partial charge in [0, 0.05) is 35.9 Å². The van der Waals surface area contributed by atoms with E-state index < -0.39 is 0 Å². The van der Waals surface area contributed by atoms with Crippen LogP contribution < -0.4 is 9.47 Å². The molecule has 0 radical (unpaired) electrons. The van der Waals surface area contributed by atoms with E-state index in [9.17, 15) is 0 Å². The Morgan fingerprint density at radius 1 is 0.447 bits per heavy atom. The highest BCUT2D eigenvalue weighted by Gasteiger charge is 2.16. The van der Waals surface area contributed by atoms with Crippen molar-refractivity contribution in [2.24, 2.45) is 0 Å². The topological polar surface area (TPSA) is 44.2 Å². The zero-order valence-corrected chi connectivity index (χ0v) is 21.9. The van der Waals surface area contributed by atoms with Gasteiger partial charge >= 0.3 is 0 Å². The van der Waals surface area contributed by atoms with Gasteiger partial charge < -0.3 is 9.47 Å². The number of hydrogen-bond donors (Lipinski definition) is 0. The number of hydrogen-bond acceptors (Lipinski definition) is 4. The van der Waals surface area contributed by atoms with Crippen LogP contribution in [-0.2, 0) is 0 Å². The third kappa shape index (κ3) is 5.76. The Balaban J connectivity index is 1.55. The molecular weight excluding hydrogens is 468 g/mol. The molecule has 0 aliphatic heterocycles. The molecule has 0 aliphatic rings. The molecule has 0 saturated carbocycles. The molecule has 0 spiro atoms. The molecule has 5 aromatic rings. The predicted molar refractivity (Wildman–Crippen MR) is 155 cm³/mol. The Hall–Kier alpha value is -4.44. The van der Waals surface area contributed by atoms with Crippen LogP contribution in [0.5, 0.6) is 11.5 Å². The standard InChI is InChI=1S/C34H32N2O2/c1-3-21-37-33-23-32(30-11-7-26(8-12-30)28-15-19-36-20-16-28)34(38-22-4-2)24-31(33)29-9-5-25(6-10-29)27-13-17-35-18-14-27/h5-20,23-24H,3-4,21-22H2,1-2H3. The molecule has 0 saturated heterocycles. The minimum atomic E-state index is 0.650. The minimum absolute atomic E-state index is 0.650. The second-order valence-electron chi connectivity index (χ2n) is 9.17. The molecule has 3 aromatic carbocycles. The molecule has 38 heavy (non-hydrogen) atoms. The predicted octanol–water partition coefficient (Wildman–Crippen LogP) is 8.72. The molecular formula is C34H32N2O2. The number of aromatic nitrogens is 2. The molecule has 4 nitrogen and oxygen atoms in total. The van der Waals surface area contributed by atoms with Crippen molar-refractivity contribution >= 4 is 0 Å². The maximum absolute atomic E-state index is 6.30. The van der Waals surface area contributed by atoms with Gasteiger partial charge in [0.25, 0.3) is 0 Å². The first-order valence-corrected chi connectivity index (χ1v) is 13.2. The molecule has 4 heteroatoms. The maximum atomic E-state index is 6.30. The highest BCUT2D eigenvalue weighted by Crippen LogP contribution is 2.42.